The fourth-order valence-corrected chi connectivity index (χ4v) is 2.09. The van der Waals surface area contributed by atoms with E-state index in [0.717, 1.165) is 22.2 Å². The average molecular weight is 257 g/mol. The van der Waals surface area contributed by atoms with E-state index in [1.807, 2.05) is 18.2 Å². The van der Waals surface area contributed by atoms with Gasteiger partial charge in [-0.1, -0.05) is 0 Å². The Morgan fingerprint density at radius 2 is 2.21 bits per heavy atom. The van der Waals surface area contributed by atoms with Crippen LogP contribution in [0.15, 0.2) is 30.5 Å². The number of nitrogens with zero attached hydrogens (tertiary/aromatic N) is 1. The number of carboxylic acid groups (broad SMARTS) is 1. The van der Waals surface area contributed by atoms with Gasteiger partial charge < -0.3 is 14.8 Å². The Kier molecular flexibility index (Phi) is 2.49. The zero-order chi connectivity index (χ0) is 13.4. The van der Waals surface area contributed by atoms with Crippen molar-refractivity contribution in [1.29, 1.82) is 0 Å². The number of benzene rings is 1. The second-order valence-electron chi connectivity index (χ2n) is 4.05. The van der Waals surface area contributed by atoms with Crippen molar-refractivity contribution in [2.24, 2.45) is 0 Å². The van der Waals surface area contributed by atoms with E-state index in [9.17, 15) is 4.79 Å². The highest BCUT2D eigenvalue weighted by atomic mass is 16.5. The summed E-state index contributed by atoms with van der Waals surface area (Å²) < 4.78 is 5.27. The zero-order valence-corrected chi connectivity index (χ0v) is 10.1. The highest BCUT2D eigenvalue weighted by molar-refractivity contribution is 5.98. The molecule has 6 heteroatoms. The summed E-state index contributed by atoms with van der Waals surface area (Å²) in [6.45, 7) is 0. The third-order valence-electron chi connectivity index (χ3n) is 2.99. The first-order chi connectivity index (χ1) is 9.20. The highest BCUT2D eigenvalue weighted by Crippen LogP contribution is 2.32. The molecule has 2 aromatic heterocycles. The molecular formula is C13H11N3O3. The fraction of sp³-hybridized carbons (Fsp3) is 0.0769. The summed E-state index contributed by atoms with van der Waals surface area (Å²) in [7, 11) is 1.60. The van der Waals surface area contributed by atoms with Crippen LogP contribution in [0, 0.1) is 0 Å². The Hall–Kier alpha value is -2.76. The van der Waals surface area contributed by atoms with Crippen LogP contribution in [-0.4, -0.2) is 33.4 Å². The molecule has 0 aliphatic rings. The van der Waals surface area contributed by atoms with Crippen molar-refractivity contribution in [1.82, 2.24) is 15.2 Å². The smallest absolute Gasteiger partial charge is 0.353 e. The van der Waals surface area contributed by atoms with Crippen LogP contribution in [0.4, 0.5) is 0 Å². The number of hydrogen-bond acceptors (Lipinski definition) is 3. The fourth-order valence-electron chi connectivity index (χ4n) is 2.09. The number of aromatic nitrogens is 3. The van der Waals surface area contributed by atoms with Crippen molar-refractivity contribution in [2.75, 3.05) is 7.11 Å². The van der Waals surface area contributed by atoms with E-state index in [-0.39, 0.29) is 5.69 Å². The van der Waals surface area contributed by atoms with Crippen molar-refractivity contribution >= 4 is 16.9 Å². The van der Waals surface area contributed by atoms with E-state index >= 15 is 0 Å². The molecule has 0 aliphatic carbocycles. The molecule has 6 nitrogen and oxygen atoms in total. The number of carboxylic acids is 1. The summed E-state index contributed by atoms with van der Waals surface area (Å²) in [6, 6.07) is 7.10. The predicted molar refractivity (Wildman–Crippen MR) is 69.4 cm³/mol. The Labute approximate surface area is 108 Å². The minimum atomic E-state index is -1.03. The first-order valence-corrected chi connectivity index (χ1v) is 5.64. The van der Waals surface area contributed by atoms with Crippen molar-refractivity contribution < 1.29 is 14.6 Å². The van der Waals surface area contributed by atoms with E-state index in [0.29, 0.717) is 5.69 Å². The number of aromatic amines is 2. The summed E-state index contributed by atoms with van der Waals surface area (Å²) in [4.78, 5) is 14.0. The maximum Gasteiger partial charge on any atom is 0.353 e. The summed E-state index contributed by atoms with van der Waals surface area (Å²) in [5, 5.41) is 16.4. The summed E-state index contributed by atoms with van der Waals surface area (Å²) in [5.41, 5.74) is 2.36. The second kappa shape index (κ2) is 4.16. The van der Waals surface area contributed by atoms with Gasteiger partial charge >= 0.3 is 5.97 Å². The normalized spacial score (nSPS) is 10.8. The molecule has 1 aromatic carbocycles. The van der Waals surface area contributed by atoms with Gasteiger partial charge in [-0.3, -0.25) is 5.10 Å². The second-order valence-corrected chi connectivity index (χ2v) is 4.05. The number of hydrogen-bond donors (Lipinski definition) is 3. The molecular weight excluding hydrogens is 246 g/mol. The number of ether oxygens (including phenoxy) is 1. The Morgan fingerprint density at radius 1 is 1.37 bits per heavy atom. The molecule has 0 amide bonds. The molecule has 0 spiro atoms. The lowest BCUT2D eigenvalue weighted by Gasteiger charge is -2.04. The van der Waals surface area contributed by atoms with E-state index in [1.165, 1.54) is 6.07 Å². The lowest BCUT2D eigenvalue weighted by Crippen LogP contribution is -1.95. The lowest BCUT2D eigenvalue weighted by atomic mass is 10.1. The van der Waals surface area contributed by atoms with Gasteiger partial charge in [0.05, 0.1) is 18.3 Å². The molecule has 0 unspecified atom stereocenters. The quantitative estimate of drug-likeness (QED) is 0.671. The first kappa shape index (κ1) is 11.3. The maximum absolute atomic E-state index is 10.9. The van der Waals surface area contributed by atoms with Crippen LogP contribution in [0.5, 0.6) is 5.75 Å². The van der Waals surface area contributed by atoms with E-state index in [1.54, 1.807) is 13.3 Å². The molecule has 0 fully saturated rings. The van der Waals surface area contributed by atoms with E-state index < -0.39 is 5.97 Å². The number of H-pyrrole nitrogens is 2. The molecule has 0 saturated heterocycles. The molecule has 0 saturated carbocycles. The summed E-state index contributed by atoms with van der Waals surface area (Å²) >= 11 is 0. The van der Waals surface area contributed by atoms with Gasteiger partial charge in [0.25, 0.3) is 0 Å². The molecule has 0 aliphatic heterocycles. The van der Waals surface area contributed by atoms with Crippen LogP contribution in [-0.2, 0) is 0 Å². The van der Waals surface area contributed by atoms with Crippen LogP contribution in [0.2, 0.25) is 0 Å². The standard InChI is InChI=1S/C13H11N3O3/c1-19-11-3-2-7(8-4-5-14-12(8)11)9-6-10(13(17)18)16-15-9/h2-6,14H,1H3,(H,15,16)(H,17,18). The van der Waals surface area contributed by atoms with Crippen LogP contribution < -0.4 is 4.74 Å². The third-order valence-corrected chi connectivity index (χ3v) is 2.99. The molecule has 2 heterocycles. The minimum Gasteiger partial charge on any atom is -0.495 e. The van der Waals surface area contributed by atoms with Gasteiger partial charge in [-0.2, -0.15) is 5.10 Å². The summed E-state index contributed by atoms with van der Waals surface area (Å²) in [5.74, 6) is -0.296. The van der Waals surface area contributed by atoms with Gasteiger partial charge in [0, 0.05) is 17.1 Å². The monoisotopic (exact) mass is 257 g/mol. The number of nitrogens with one attached hydrogen (secondary N) is 2. The number of carbonyl (C=O) groups is 1. The van der Waals surface area contributed by atoms with Gasteiger partial charge in [-0.15, -0.1) is 0 Å². The van der Waals surface area contributed by atoms with Crippen molar-refractivity contribution in [3.8, 4) is 17.0 Å². The topological polar surface area (TPSA) is 91.0 Å². The molecule has 3 rings (SSSR count). The van der Waals surface area contributed by atoms with Crippen molar-refractivity contribution in [3.05, 3.63) is 36.2 Å². The van der Waals surface area contributed by atoms with Crippen LogP contribution in [0.1, 0.15) is 10.5 Å². The van der Waals surface area contributed by atoms with Gasteiger partial charge in [-0.05, 0) is 24.3 Å². The Balaban J connectivity index is 2.19. The van der Waals surface area contributed by atoms with Gasteiger partial charge in [0.15, 0.2) is 0 Å². The van der Waals surface area contributed by atoms with Crippen LogP contribution in [0.3, 0.4) is 0 Å². The molecule has 0 radical (unpaired) electrons. The Morgan fingerprint density at radius 3 is 2.89 bits per heavy atom. The summed E-state index contributed by atoms with van der Waals surface area (Å²) in [6.07, 6.45) is 1.81. The Bertz CT molecular complexity index is 757. The SMILES string of the molecule is COc1ccc(-c2cc(C(=O)O)[nH]n2)c2cc[nH]c12. The number of rotatable bonds is 3. The maximum atomic E-state index is 10.9. The molecule has 0 atom stereocenters. The largest absolute Gasteiger partial charge is 0.495 e. The van der Waals surface area contributed by atoms with E-state index in [4.69, 9.17) is 9.84 Å². The average Bonchev–Trinajstić information content (AvgIpc) is 3.06. The molecule has 96 valence electrons. The number of methoxy groups -OCH3 is 1. The van der Waals surface area contributed by atoms with Crippen molar-refractivity contribution in [2.45, 2.75) is 0 Å². The predicted octanol–water partition coefficient (Wildman–Crippen LogP) is 2.26. The highest BCUT2D eigenvalue weighted by Gasteiger charge is 2.13. The van der Waals surface area contributed by atoms with Gasteiger partial charge in [0.2, 0.25) is 0 Å². The van der Waals surface area contributed by atoms with Crippen LogP contribution >= 0.6 is 0 Å². The molecule has 19 heavy (non-hydrogen) atoms. The number of fused-ring (bicyclic) bond motifs is 1. The van der Waals surface area contributed by atoms with Crippen molar-refractivity contribution in [3.63, 3.8) is 0 Å². The van der Waals surface area contributed by atoms with Gasteiger partial charge in [0.1, 0.15) is 11.4 Å². The lowest BCUT2D eigenvalue weighted by molar-refractivity contribution is 0.0690. The van der Waals surface area contributed by atoms with Crippen LogP contribution in [0.25, 0.3) is 22.2 Å². The molecule has 3 aromatic rings. The molecule has 0 bridgehead atoms. The van der Waals surface area contributed by atoms with Gasteiger partial charge in [-0.25, -0.2) is 4.79 Å². The number of aromatic carboxylic acids is 1. The molecule has 3 N–H and O–H groups in total. The van der Waals surface area contributed by atoms with E-state index in [2.05, 4.69) is 15.2 Å². The zero-order valence-electron chi connectivity index (χ0n) is 10.1. The first-order valence-electron chi connectivity index (χ1n) is 5.64. The third kappa shape index (κ3) is 1.74. The minimum absolute atomic E-state index is 0.0644.